The molecule has 0 spiro atoms. The Morgan fingerprint density at radius 1 is 0.580 bits per heavy atom. The number of amides is 2. The molecule has 3 saturated heterocycles. The van der Waals surface area contributed by atoms with E-state index < -0.39 is 17.7 Å². The third-order valence-corrected chi connectivity index (χ3v) is 15.3. The first-order chi connectivity index (χ1) is 38.6. The van der Waals surface area contributed by atoms with Crippen LogP contribution in [-0.4, -0.2) is 114 Å². The van der Waals surface area contributed by atoms with Gasteiger partial charge >= 0.3 is 12.1 Å². The lowest BCUT2D eigenvalue weighted by atomic mass is 9.99. The number of carbonyl (C=O) groups excluding carboxylic acids is 2. The Hall–Kier alpha value is -7.41. The normalized spacial score (nSPS) is 21.3. The van der Waals surface area contributed by atoms with Crippen LogP contribution in [0.5, 0.6) is 0 Å². The predicted molar refractivity (Wildman–Crippen MR) is 310 cm³/mol. The number of nitrogens with two attached hydrogens (primary N) is 1. The Morgan fingerprint density at radius 3 is 1.31 bits per heavy atom. The maximum Gasteiger partial charge on any atom is 0.407 e. The van der Waals surface area contributed by atoms with E-state index in [1.807, 2.05) is 68.1 Å². The minimum absolute atomic E-state index is 0.0167. The Morgan fingerprint density at radius 2 is 0.951 bits per heavy atom. The number of nitriles is 3. The molecule has 6 unspecified atom stereocenters. The highest BCUT2D eigenvalue weighted by Gasteiger charge is 2.32. The quantitative estimate of drug-likeness (QED) is 0.107. The standard InChI is InChI=1S/C21H22ClN5O.C16H22ClN5O2.C11H14ClN5.C10H10O2/c1-13-2-9-17(12-27(13)19-11-24-18(10-23)20(22)26-19)25-21(28)16-7-5-15(6-8-16)14-3-4-14;1-10-5-6-11(20-15(23)24-16(2,3)4)9-22(10)13-8-19-12(7-18)14(17)21-13;1-7-2-3-8(14)6-17(7)10-5-15-9(4-13)11(12)16-10;11-10(12)9-5-3-8(4-6-9)7-1-2-7/h5-8,11,13-14,17H,2-4,9,12H2,1H3,(H,25,28);8,10-11H,5-6,9H2,1-4H3,(H,20,23);5,7-8H,2-3,6,14H2,1H3;3-7H,1-2H2,(H,11,12). The van der Waals surface area contributed by atoms with Crippen molar-refractivity contribution in [2.24, 2.45) is 5.73 Å². The average Bonchev–Trinajstić information content (AvgIpc) is 4.40. The number of hydrogen-bond acceptors (Lipinski definition) is 17. The van der Waals surface area contributed by atoms with Crippen molar-refractivity contribution in [3.8, 4) is 18.2 Å². The number of nitrogens with one attached hydrogen (secondary N) is 2. The SMILES string of the molecule is CC1CCC(N)CN1c1cnc(C#N)c(Cl)n1.CC1CCC(NC(=O)OC(C)(C)C)CN1c1cnc(C#N)c(Cl)n1.CC1CCC(NC(=O)c2ccc(C3CC3)cc2)CN1c1cnc(C#N)c(Cl)n1.O=C(O)c1ccc(C2CC2)cc1. The summed E-state index contributed by atoms with van der Waals surface area (Å²) in [6.07, 6.45) is 14.9. The fraction of sp³-hybridized carbons (Fsp3) is 0.483. The Kier molecular flexibility index (Phi) is 21.0. The van der Waals surface area contributed by atoms with E-state index in [1.165, 1.54) is 43.0 Å². The van der Waals surface area contributed by atoms with Gasteiger partial charge in [0.25, 0.3) is 5.91 Å². The maximum absolute atomic E-state index is 12.7. The van der Waals surface area contributed by atoms with Crippen LogP contribution in [-0.2, 0) is 4.74 Å². The van der Waals surface area contributed by atoms with E-state index in [0.717, 1.165) is 45.1 Å². The van der Waals surface area contributed by atoms with Crippen LogP contribution in [0.4, 0.5) is 22.2 Å². The molecule has 5 aliphatic rings. The molecule has 3 aromatic heterocycles. The third kappa shape index (κ3) is 17.5. The van der Waals surface area contributed by atoms with Crippen LogP contribution < -0.4 is 31.1 Å². The van der Waals surface area contributed by atoms with Crippen molar-refractivity contribution in [2.45, 2.75) is 159 Å². The Balaban J connectivity index is 0.000000162. The van der Waals surface area contributed by atoms with Crippen LogP contribution >= 0.6 is 34.8 Å². The van der Waals surface area contributed by atoms with Crippen LogP contribution in [0.2, 0.25) is 15.5 Å². The highest BCUT2D eigenvalue weighted by molar-refractivity contribution is 6.31. The number of carboxylic acids is 1. The number of halogens is 3. The van der Waals surface area contributed by atoms with E-state index in [1.54, 1.807) is 24.5 Å². The van der Waals surface area contributed by atoms with Crippen molar-refractivity contribution >= 4 is 70.2 Å². The number of aromatic nitrogens is 6. The molecule has 23 heteroatoms. The summed E-state index contributed by atoms with van der Waals surface area (Å²) in [5.41, 5.74) is 9.46. The average molecular weight is 1160 g/mol. The van der Waals surface area contributed by atoms with Crippen molar-refractivity contribution < 1.29 is 24.2 Å². The molecule has 20 nitrogen and oxygen atoms in total. The molecule has 2 aliphatic carbocycles. The number of nitrogens with zero attached hydrogens (tertiary/aromatic N) is 12. The number of rotatable bonds is 9. The molecule has 81 heavy (non-hydrogen) atoms. The molecule has 6 heterocycles. The van der Waals surface area contributed by atoms with E-state index in [4.69, 9.17) is 66.2 Å². The van der Waals surface area contributed by atoms with Gasteiger partial charge in [-0.15, -0.1) is 0 Å². The van der Waals surface area contributed by atoms with Gasteiger partial charge in [-0.1, -0.05) is 59.1 Å². The smallest absolute Gasteiger partial charge is 0.407 e. The number of carboxylic acid groups (broad SMARTS) is 1. The lowest BCUT2D eigenvalue weighted by Gasteiger charge is -2.39. The number of alkyl carbamates (subject to hydrolysis) is 1. The molecule has 2 saturated carbocycles. The first-order valence-electron chi connectivity index (χ1n) is 27.2. The summed E-state index contributed by atoms with van der Waals surface area (Å²) in [7, 11) is 0. The summed E-state index contributed by atoms with van der Waals surface area (Å²) in [6, 6.07) is 21.8. The molecule has 5 aromatic rings. The van der Waals surface area contributed by atoms with Crippen LogP contribution in [0, 0.1) is 34.0 Å². The summed E-state index contributed by atoms with van der Waals surface area (Å²) in [5, 5.41) is 41.6. The van der Waals surface area contributed by atoms with Crippen molar-refractivity contribution in [3.63, 3.8) is 0 Å². The van der Waals surface area contributed by atoms with Gasteiger partial charge in [0.15, 0.2) is 32.5 Å². The van der Waals surface area contributed by atoms with Gasteiger partial charge in [-0.05, 0) is 153 Å². The summed E-state index contributed by atoms with van der Waals surface area (Å²) in [6.45, 7) is 13.8. The second-order valence-corrected chi connectivity index (χ2v) is 23.1. The van der Waals surface area contributed by atoms with Gasteiger partial charge in [0.2, 0.25) is 0 Å². The zero-order valence-corrected chi connectivity index (χ0v) is 48.6. The molecule has 6 atom stereocenters. The second-order valence-electron chi connectivity index (χ2n) is 22.0. The minimum Gasteiger partial charge on any atom is -0.478 e. The molecular weight excluding hydrogens is 1090 g/mol. The molecule has 2 aromatic carbocycles. The summed E-state index contributed by atoms with van der Waals surface area (Å²) in [4.78, 5) is 66.2. The van der Waals surface area contributed by atoms with E-state index >= 15 is 0 Å². The van der Waals surface area contributed by atoms with Crippen LogP contribution in [0.15, 0.2) is 67.1 Å². The monoisotopic (exact) mass is 1160 g/mol. The molecule has 0 radical (unpaired) electrons. The van der Waals surface area contributed by atoms with E-state index in [0.29, 0.717) is 59.5 Å². The summed E-state index contributed by atoms with van der Waals surface area (Å²) in [5.74, 6) is 2.41. The van der Waals surface area contributed by atoms with E-state index in [9.17, 15) is 14.4 Å². The third-order valence-electron chi connectivity index (χ3n) is 14.5. The van der Waals surface area contributed by atoms with Crippen molar-refractivity contribution in [2.75, 3.05) is 34.3 Å². The van der Waals surface area contributed by atoms with Gasteiger partial charge in [0, 0.05) is 61.4 Å². The van der Waals surface area contributed by atoms with Crippen molar-refractivity contribution in [1.82, 2.24) is 40.5 Å². The maximum atomic E-state index is 12.7. The van der Waals surface area contributed by atoms with Crippen molar-refractivity contribution in [3.05, 3.63) is 122 Å². The molecular formula is C58H68Cl3N15O5. The van der Waals surface area contributed by atoms with E-state index in [-0.39, 0.29) is 68.7 Å². The Bertz CT molecular complexity index is 3140. The van der Waals surface area contributed by atoms with E-state index in [2.05, 4.69) is 83.2 Å². The molecule has 5 N–H and O–H groups in total. The first-order valence-corrected chi connectivity index (χ1v) is 28.3. The lowest BCUT2D eigenvalue weighted by molar-refractivity contribution is 0.0496. The van der Waals surface area contributed by atoms with Crippen LogP contribution in [0.25, 0.3) is 0 Å². The number of anilines is 3. The van der Waals surface area contributed by atoms with Crippen LogP contribution in [0.3, 0.4) is 0 Å². The topological polar surface area (TPSA) is 289 Å². The van der Waals surface area contributed by atoms with Gasteiger partial charge in [-0.3, -0.25) is 4.79 Å². The number of aromatic carboxylic acids is 1. The number of carbonyl (C=O) groups is 3. The summed E-state index contributed by atoms with van der Waals surface area (Å²) >= 11 is 17.9. The van der Waals surface area contributed by atoms with Gasteiger partial charge in [0.05, 0.1) is 24.2 Å². The summed E-state index contributed by atoms with van der Waals surface area (Å²) < 4.78 is 5.30. The fourth-order valence-corrected chi connectivity index (χ4v) is 10.2. The van der Waals surface area contributed by atoms with Gasteiger partial charge < -0.3 is 40.9 Å². The van der Waals surface area contributed by atoms with Gasteiger partial charge in [0.1, 0.15) is 41.3 Å². The second kappa shape index (κ2) is 27.8. The highest BCUT2D eigenvalue weighted by Crippen LogP contribution is 2.41. The molecule has 2 amide bonds. The van der Waals surface area contributed by atoms with Crippen molar-refractivity contribution in [1.29, 1.82) is 15.8 Å². The van der Waals surface area contributed by atoms with Gasteiger partial charge in [-0.2, -0.15) is 15.8 Å². The zero-order chi connectivity index (χ0) is 58.5. The largest absolute Gasteiger partial charge is 0.478 e. The number of ether oxygens (including phenoxy) is 1. The molecule has 10 rings (SSSR count). The molecule has 0 bridgehead atoms. The minimum atomic E-state index is -0.850. The molecule has 426 valence electrons. The number of piperidine rings is 3. The predicted octanol–water partition coefficient (Wildman–Crippen LogP) is 10.1. The number of benzene rings is 2. The van der Waals surface area contributed by atoms with Gasteiger partial charge in [-0.25, -0.2) is 39.5 Å². The fourth-order valence-electron chi connectivity index (χ4n) is 9.64. The molecule has 3 aliphatic heterocycles. The number of hydrogen-bond donors (Lipinski definition) is 4. The van der Waals surface area contributed by atoms with Crippen LogP contribution in [0.1, 0.15) is 167 Å². The molecule has 5 fully saturated rings. The highest BCUT2D eigenvalue weighted by atomic mass is 35.5. The lowest BCUT2D eigenvalue weighted by Crippen LogP contribution is -2.52. The zero-order valence-electron chi connectivity index (χ0n) is 46.3. The Labute approximate surface area is 488 Å². The first kappa shape index (κ1) is 61.2.